The van der Waals surface area contributed by atoms with E-state index in [4.69, 9.17) is 10.5 Å². The van der Waals surface area contributed by atoms with Crippen molar-refractivity contribution in [3.8, 4) is 5.75 Å². The van der Waals surface area contributed by atoms with E-state index in [0.29, 0.717) is 5.82 Å². The molecule has 0 bridgehead atoms. The zero-order chi connectivity index (χ0) is 12.3. The summed E-state index contributed by atoms with van der Waals surface area (Å²) in [5.41, 5.74) is 7.98. The Morgan fingerprint density at radius 3 is 2.94 bits per heavy atom. The van der Waals surface area contributed by atoms with E-state index in [1.807, 2.05) is 32.0 Å². The first kappa shape index (κ1) is 11.6. The van der Waals surface area contributed by atoms with E-state index in [2.05, 4.69) is 14.7 Å². The van der Waals surface area contributed by atoms with E-state index < -0.39 is 0 Å². The number of nitrogens with two attached hydrogens (primary N) is 1. The van der Waals surface area contributed by atoms with Gasteiger partial charge in [-0.2, -0.15) is 4.98 Å². The molecule has 1 aromatic carbocycles. The predicted octanol–water partition coefficient (Wildman–Crippen LogP) is 1.98. The lowest BCUT2D eigenvalue weighted by atomic mass is 10.1. The summed E-state index contributed by atoms with van der Waals surface area (Å²) in [7, 11) is 0. The largest absolute Gasteiger partial charge is 0.485 e. The van der Waals surface area contributed by atoms with E-state index in [0.717, 1.165) is 16.9 Å². The van der Waals surface area contributed by atoms with Crippen LogP contribution in [0.2, 0.25) is 0 Å². The van der Waals surface area contributed by atoms with Crippen molar-refractivity contribution in [2.75, 3.05) is 0 Å². The number of ether oxygens (including phenoxy) is 1. The third-order valence-corrected chi connectivity index (χ3v) is 2.42. The van der Waals surface area contributed by atoms with Crippen molar-refractivity contribution in [1.82, 2.24) is 10.1 Å². The average molecular weight is 233 g/mol. The van der Waals surface area contributed by atoms with E-state index in [9.17, 15) is 0 Å². The average Bonchev–Trinajstić information content (AvgIpc) is 2.78. The zero-order valence-electron chi connectivity index (χ0n) is 9.88. The maximum Gasteiger partial charge on any atom is 0.213 e. The fraction of sp³-hybridized carbons (Fsp3) is 0.333. The highest BCUT2D eigenvalue weighted by Crippen LogP contribution is 2.25. The molecule has 0 aliphatic rings. The zero-order valence-corrected chi connectivity index (χ0v) is 9.88. The van der Waals surface area contributed by atoms with Crippen molar-refractivity contribution < 1.29 is 9.26 Å². The summed E-state index contributed by atoms with van der Waals surface area (Å²) in [6.07, 6.45) is 1.28. The van der Waals surface area contributed by atoms with Crippen molar-refractivity contribution >= 4 is 0 Å². The smallest absolute Gasteiger partial charge is 0.213 e. The Hall–Kier alpha value is -1.88. The quantitative estimate of drug-likeness (QED) is 0.873. The fourth-order valence-electron chi connectivity index (χ4n) is 1.54. The van der Waals surface area contributed by atoms with E-state index in [1.54, 1.807) is 0 Å². The van der Waals surface area contributed by atoms with Crippen molar-refractivity contribution in [3.63, 3.8) is 0 Å². The van der Waals surface area contributed by atoms with Gasteiger partial charge in [-0.05, 0) is 25.5 Å². The number of aromatic nitrogens is 2. The van der Waals surface area contributed by atoms with Crippen molar-refractivity contribution in [3.05, 3.63) is 41.5 Å². The van der Waals surface area contributed by atoms with E-state index in [-0.39, 0.29) is 12.6 Å². The monoisotopic (exact) mass is 233 g/mol. The van der Waals surface area contributed by atoms with Gasteiger partial charge in [0.2, 0.25) is 12.2 Å². The molecule has 90 valence electrons. The number of rotatable bonds is 4. The standard InChI is InChI=1S/C12H15N3O2/c1-8-3-4-10(9(2)13)11(5-8)16-6-12-14-7-17-15-12/h3-5,7,9H,6,13H2,1-2H3/t9-/m0/s1. The van der Waals surface area contributed by atoms with Crippen LogP contribution in [0, 0.1) is 6.92 Å². The van der Waals surface area contributed by atoms with Crippen LogP contribution < -0.4 is 10.5 Å². The summed E-state index contributed by atoms with van der Waals surface area (Å²) < 4.78 is 10.3. The van der Waals surface area contributed by atoms with Crippen LogP contribution in [0.15, 0.2) is 29.1 Å². The summed E-state index contributed by atoms with van der Waals surface area (Å²) in [5, 5.41) is 3.69. The second kappa shape index (κ2) is 4.97. The van der Waals surface area contributed by atoms with Crippen molar-refractivity contribution in [1.29, 1.82) is 0 Å². The minimum atomic E-state index is -0.0733. The Kier molecular flexibility index (Phi) is 3.39. The molecule has 2 rings (SSSR count). The van der Waals surface area contributed by atoms with Gasteiger partial charge in [-0.15, -0.1) is 0 Å². The molecule has 0 unspecified atom stereocenters. The molecular formula is C12H15N3O2. The first-order chi connectivity index (χ1) is 8.16. The highest BCUT2D eigenvalue weighted by molar-refractivity contribution is 5.38. The molecule has 1 atom stereocenters. The maximum atomic E-state index is 5.88. The molecule has 0 aliphatic heterocycles. The second-order valence-corrected chi connectivity index (χ2v) is 3.97. The maximum absolute atomic E-state index is 5.88. The Labute approximate surface area is 99.6 Å². The molecule has 0 aliphatic carbocycles. The van der Waals surface area contributed by atoms with Crippen LogP contribution in [0.5, 0.6) is 5.75 Å². The molecule has 0 saturated carbocycles. The highest BCUT2D eigenvalue weighted by Gasteiger charge is 2.09. The summed E-state index contributed by atoms with van der Waals surface area (Å²) in [6.45, 7) is 4.21. The number of benzene rings is 1. The molecular weight excluding hydrogens is 218 g/mol. The van der Waals surface area contributed by atoms with Crippen LogP contribution in [-0.4, -0.2) is 10.1 Å². The van der Waals surface area contributed by atoms with Gasteiger partial charge in [0.15, 0.2) is 6.61 Å². The Bertz CT molecular complexity index is 481. The Morgan fingerprint density at radius 1 is 1.47 bits per heavy atom. The molecule has 1 aromatic heterocycles. The SMILES string of the molecule is Cc1ccc([C@H](C)N)c(OCc2ncon2)c1. The van der Waals surface area contributed by atoms with E-state index >= 15 is 0 Å². The van der Waals surface area contributed by atoms with Crippen LogP contribution in [-0.2, 0) is 6.61 Å². The fourth-order valence-corrected chi connectivity index (χ4v) is 1.54. The van der Waals surface area contributed by atoms with Gasteiger partial charge in [0.1, 0.15) is 5.75 Å². The van der Waals surface area contributed by atoms with Crippen LogP contribution in [0.4, 0.5) is 0 Å². The van der Waals surface area contributed by atoms with Gasteiger partial charge in [-0.3, -0.25) is 0 Å². The van der Waals surface area contributed by atoms with Crippen LogP contribution in [0.3, 0.4) is 0 Å². The molecule has 5 heteroatoms. The minimum Gasteiger partial charge on any atom is -0.485 e. The first-order valence-corrected chi connectivity index (χ1v) is 5.41. The normalized spacial score (nSPS) is 12.4. The molecule has 0 radical (unpaired) electrons. The first-order valence-electron chi connectivity index (χ1n) is 5.41. The van der Waals surface area contributed by atoms with Crippen LogP contribution >= 0.6 is 0 Å². The third kappa shape index (κ3) is 2.82. The van der Waals surface area contributed by atoms with Gasteiger partial charge in [0.25, 0.3) is 0 Å². The lowest BCUT2D eigenvalue weighted by molar-refractivity contribution is 0.282. The summed E-state index contributed by atoms with van der Waals surface area (Å²) in [6, 6.07) is 5.88. The third-order valence-electron chi connectivity index (χ3n) is 2.42. The molecule has 5 nitrogen and oxygen atoms in total. The van der Waals surface area contributed by atoms with Gasteiger partial charge in [0.05, 0.1) is 0 Å². The van der Waals surface area contributed by atoms with Gasteiger partial charge in [-0.25, -0.2) is 0 Å². The molecule has 1 heterocycles. The number of hydrogen-bond acceptors (Lipinski definition) is 5. The van der Waals surface area contributed by atoms with Gasteiger partial charge >= 0.3 is 0 Å². The molecule has 0 amide bonds. The molecule has 0 fully saturated rings. The molecule has 2 N–H and O–H groups in total. The highest BCUT2D eigenvalue weighted by atomic mass is 16.5. The van der Waals surface area contributed by atoms with Crippen LogP contribution in [0.1, 0.15) is 29.9 Å². The lowest BCUT2D eigenvalue weighted by Gasteiger charge is -2.13. The van der Waals surface area contributed by atoms with Crippen molar-refractivity contribution in [2.24, 2.45) is 5.73 Å². The van der Waals surface area contributed by atoms with Gasteiger partial charge < -0.3 is 15.0 Å². The van der Waals surface area contributed by atoms with E-state index in [1.165, 1.54) is 6.39 Å². The summed E-state index contributed by atoms with van der Waals surface area (Å²) in [4.78, 5) is 3.89. The molecule has 2 aromatic rings. The summed E-state index contributed by atoms with van der Waals surface area (Å²) in [5.74, 6) is 1.28. The molecule has 0 saturated heterocycles. The number of nitrogens with zero attached hydrogens (tertiary/aromatic N) is 2. The van der Waals surface area contributed by atoms with Crippen LogP contribution in [0.25, 0.3) is 0 Å². The van der Waals surface area contributed by atoms with Gasteiger partial charge in [0, 0.05) is 11.6 Å². The van der Waals surface area contributed by atoms with Gasteiger partial charge in [-0.1, -0.05) is 17.3 Å². The molecule has 0 spiro atoms. The molecule has 17 heavy (non-hydrogen) atoms. The number of aryl methyl sites for hydroxylation is 1. The van der Waals surface area contributed by atoms with Crippen molar-refractivity contribution in [2.45, 2.75) is 26.5 Å². The second-order valence-electron chi connectivity index (χ2n) is 3.97. The number of hydrogen-bond donors (Lipinski definition) is 1. The minimum absolute atomic E-state index is 0.0733. The Morgan fingerprint density at radius 2 is 2.29 bits per heavy atom. The summed E-state index contributed by atoms with van der Waals surface area (Å²) >= 11 is 0. The lowest BCUT2D eigenvalue weighted by Crippen LogP contribution is -2.08. The Balaban J connectivity index is 2.16. The topological polar surface area (TPSA) is 74.2 Å². The predicted molar refractivity (Wildman–Crippen MR) is 62.4 cm³/mol.